The minimum absolute atomic E-state index is 0.129. The molecule has 0 aliphatic heterocycles. The van der Waals surface area contributed by atoms with Crippen molar-refractivity contribution in [2.24, 2.45) is 0 Å². The van der Waals surface area contributed by atoms with E-state index in [1.165, 1.54) is 22.2 Å². The van der Waals surface area contributed by atoms with Crippen molar-refractivity contribution in [3.63, 3.8) is 0 Å². The molecule has 2 heteroatoms. The maximum Gasteiger partial charge on any atom is 0.0966 e. The number of aromatic nitrogens is 2. The summed E-state index contributed by atoms with van der Waals surface area (Å²) < 4.78 is 2.27. The van der Waals surface area contributed by atoms with Gasteiger partial charge in [0.15, 0.2) is 0 Å². The predicted octanol–water partition coefficient (Wildman–Crippen LogP) is 4.98. The van der Waals surface area contributed by atoms with E-state index in [1.54, 1.807) is 0 Å². The SMILES string of the molecule is Cc1ccc2ncn(C(c3ccccc3)c3ccccc3)c2c1. The number of benzene rings is 3. The predicted molar refractivity (Wildman–Crippen MR) is 94.6 cm³/mol. The topological polar surface area (TPSA) is 17.8 Å². The summed E-state index contributed by atoms with van der Waals surface area (Å²) in [6.45, 7) is 2.12. The second-order valence-electron chi connectivity index (χ2n) is 5.87. The summed E-state index contributed by atoms with van der Waals surface area (Å²) in [6, 6.07) is 27.7. The molecule has 0 unspecified atom stereocenters. The van der Waals surface area contributed by atoms with Crippen LogP contribution in [-0.2, 0) is 0 Å². The first-order chi connectivity index (χ1) is 11.3. The lowest BCUT2D eigenvalue weighted by molar-refractivity contribution is 0.697. The van der Waals surface area contributed by atoms with Crippen molar-refractivity contribution in [1.29, 1.82) is 0 Å². The fourth-order valence-corrected chi connectivity index (χ4v) is 3.13. The van der Waals surface area contributed by atoms with Gasteiger partial charge in [0, 0.05) is 0 Å². The zero-order valence-corrected chi connectivity index (χ0v) is 13.1. The van der Waals surface area contributed by atoms with Crippen LogP contribution in [0.5, 0.6) is 0 Å². The zero-order valence-electron chi connectivity index (χ0n) is 13.1. The lowest BCUT2D eigenvalue weighted by atomic mass is 9.98. The fourth-order valence-electron chi connectivity index (χ4n) is 3.13. The largest absolute Gasteiger partial charge is 0.319 e. The minimum Gasteiger partial charge on any atom is -0.319 e. The Morgan fingerprint density at radius 3 is 2.00 bits per heavy atom. The van der Waals surface area contributed by atoms with Crippen molar-refractivity contribution in [2.45, 2.75) is 13.0 Å². The average molecular weight is 298 g/mol. The van der Waals surface area contributed by atoms with Crippen molar-refractivity contribution in [3.05, 3.63) is 102 Å². The van der Waals surface area contributed by atoms with E-state index in [1.807, 2.05) is 6.33 Å². The highest BCUT2D eigenvalue weighted by Gasteiger charge is 2.18. The van der Waals surface area contributed by atoms with E-state index >= 15 is 0 Å². The molecule has 4 rings (SSSR count). The Hall–Kier alpha value is -2.87. The molecule has 0 amide bonds. The van der Waals surface area contributed by atoms with Crippen LogP contribution in [0.2, 0.25) is 0 Å². The average Bonchev–Trinajstić information content (AvgIpc) is 3.00. The van der Waals surface area contributed by atoms with Gasteiger partial charge >= 0.3 is 0 Å². The van der Waals surface area contributed by atoms with Gasteiger partial charge in [-0.2, -0.15) is 0 Å². The van der Waals surface area contributed by atoms with Gasteiger partial charge in [-0.15, -0.1) is 0 Å². The first kappa shape index (κ1) is 13.8. The number of rotatable bonds is 3. The van der Waals surface area contributed by atoms with Gasteiger partial charge in [0.25, 0.3) is 0 Å². The Morgan fingerprint density at radius 1 is 0.783 bits per heavy atom. The Labute approximate surface area is 136 Å². The Balaban J connectivity index is 1.96. The molecule has 1 aromatic heterocycles. The molecule has 0 fully saturated rings. The highest BCUT2D eigenvalue weighted by Crippen LogP contribution is 2.30. The maximum absolute atomic E-state index is 4.59. The molecule has 3 aromatic carbocycles. The molecule has 1 heterocycles. The summed E-state index contributed by atoms with van der Waals surface area (Å²) in [4.78, 5) is 4.59. The number of hydrogen-bond donors (Lipinski definition) is 0. The van der Waals surface area contributed by atoms with Gasteiger partial charge in [-0.1, -0.05) is 66.7 Å². The number of nitrogens with zero attached hydrogens (tertiary/aromatic N) is 2. The minimum atomic E-state index is 0.129. The third kappa shape index (κ3) is 2.53. The van der Waals surface area contributed by atoms with E-state index in [9.17, 15) is 0 Å². The lowest BCUT2D eigenvalue weighted by Crippen LogP contribution is -2.11. The van der Waals surface area contributed by atoms with Crippen LogP contribution in [0, 0.1) is 6.92 Å². The molecule has 0 saturated heterocycles. The quantitative estimate of drug-likeness (QED) is 0.521. The summed E-state index contributed by atoms with van der Waals surface area (Å²) in [5.41, 5.74) is 5.98. The maximum atomic E-state index is 4.59. The van der Waals surface area contributed by atoms with Crippen LogP contribution in [0.4, 0.5) is 0 Å². The number of fused-ring (bicyclic) bond motifs is 1. The van der Waals surface area contributed by atoms with E-state index in [0.717, 1.165) is 5.52 Å². The first-order valence-corrected chi connectivity index (χ1v) is 7.86. The highest BCUT2D eigenvalue weighted by molar-refractivity contribution is 5.76. The van der Waals surface area contributed by atoms with E-state index in [0.29, 0.717) is 0 Å². The molecule has 23 heavy (non-hydrogen) atoms. The van der Waals surface area contributed by atoms with Gasteiger partial charge in [0.2, 0.25) is 0 Å². The van der Waals surface area contributed by atoms with Gasteiger partial charge in [0.05, 0.1) is 23.4 Å². The molecule has 0 spiro atoms. The second-order valence-corrected chi connectivity index (χ2v) is 5.87. The van der Waals surface area contributed by atoms with Crippen LogP contribution in [0.3, 0.4) is 0 Å². The Bertz CT molecular complexity index is 884. The summed E-state index contributed by atoms with van der Waals surface area (Å²) in [7, 11) is 0. The normalized spacial score (nSPS) is 11.2. The van der Waals surface area contributed by atoms with Crippen LogP contribution in [0.1, 0.15) is 22.7 Å². The molecule has 0 radical (unpaired) electrons. The van der Waals surface area contributed by atoms with Gasteiger partial charge in [-0.05, 0) is 35.7 Å². The third-order valence-corrected chi connectivity index (χ3v) is 4.24. The molecule has 0 aliphatic carbocycles. The van der Waals surface area contributed by atoms with Crippen LogP contribution < -0.4 is 0 Å². The van der Waals surface area contributed by atoms with Crippen molar-refractivity contribution in [1.82, 2.24) is 9.55 Å². The molecule has 0 atom stereocenters. The lowest BCUT2D eigenvalue weighted by Gasteiger charge is -2.21. The van der Waals surface area contributed by atoms with Gasteiger partial charge < -0.3 is 4.57 Å². The number of aryl methyl sites for hydroxylation is 1. The fraction of sp³-hybridized carbons (Fsp3) is 0.0952. The van der Waals surface area contributed by atoms with Crippen molar-refractivity contribution < 1.29 is 0 Å². The van der Waals surface area contributed by atoms with Crippen LogP contribution in [0.15, 0.2) is 85.2 Å². The van der Waals surface area contributed by atoms with Crippen molar-refractivity contribution >= 4 is 11.0 Å². The molecule has 0 N–H and O–H groups in total. The highest BCUT2D eigenvalue weighted by atomic mass is 15.1. The molecule has 4 aromatic rings. The summed E-state index contributed by atoms with van der Waals surface area (Å²) in [6.07, 6.45) is 1.95. The van der Waals surface area contributed by atoms with E-state index in [-0.39, 0.29) is 6.04 Å². The monoisotopic (exact) mass is 298 g/mol. The van der Waals surface area contributed by atoms with Crippen LogP contribution >= 0.6 is 0 Å². The Kier molecular flexibility index (Phi) is 3.43. The van der Waals surface area contributed by atoms with Gasteiger partial charge in [0.1, 0.15) is 0 Å². The summed E-state index contributed by atoms with van der Waals surface area (Å²) in [5.74, 6) is 0. The first-order valence-electron chi connectivity index (χ1n) is 7.86. The van der Waals surface area contributed by atoms with E-state index in [2.05, 4.69) is 95.3 Å². The smallest absolute Gasteiger partial charge is 0.0966 e. The van der Waals surface area contributed by atoms with Crippen molar-refractivity contribution in [2.75, 3.05) is 0 Å². The van der Waals surface area contributed by atoms with Crippen molar-refractivity contribution in [3.8, 4) is 0 Å². The molecular formula is C21H18N2. The molecule has 112 valence electrons. The third-order valence-electron chi connectivity index (χ3n) is 4.24. The zero-order chi connectivity index (χ0) is 15.6. The molecule has 0 bridgehead atoms. The van der Waals surface area contributed by atoms with Gasteiger partial charge in [-0.25, -0.2) is 4.98 Å². The number of hydrogen-bond acceptors (Lipinski definition) is 1. The molecule has 2 nitrogen and oxygen atoms in total. The summed E-state index contributed by atoms with van der Waals surface area (Å²) >= 11 is 0. The van der Waals surface area contributed by atoms with Crippen LogP contribution in [0.25, 0.3) is 11.0 Å². The molecular weight excluding hydrogens is 280 g/mol. The standard InChI is InChI=1S/C21H18N2/c1-16-12-13-19-20(14-16)23(15-22-19)21(17-8-4-2-5-9-17)18-10-6-3-7-11-18/h2-15,21H,1H3. The Morgan fingerprint density at radius 2 is 1.39 bits per heavy atom. The summed E-state index contributed by atoms with van der Waals surface area (Å²) in [5, 5.41) is 0. The van der Waals surface area contributed by atoms with Crippen LogP contribution in [-0.4, -0.2) is 9.55 Å². The van der Waals surface area contributed by atoms with E-state index in [4.69, 9.17) is 0 Å². The second kappa shape index (κ2) is 5.73. The van der Waals surface area contributed by atoms with Gasteiger partial charge in [-0.3, -0.25) is 0 Å². The molecule has 0 aliphatic rings. The molecule has 0 saturated carbocycles. The number of imidazole rings is 1. The van der Waals surface area contributed by atoms with E-state index < -0.39 is 0 Å².